The Hall–Kier alpha value is -1.55. The molecule has 0 saturated carbocycles. The zero-order valence-corrected chi connectivity index (χ0v) is 13.3. The molecule has 1 fully saturated rings. The van der Waals surface area contributed by atoms with E-state index in [-0.39, 0.29) is 24.4 Å². The highest BCUT2D eigenvalue weighted by atomic mass is 35.5. The minimum absolute atomic E-state index is 0.0195. The summed E-state index contributed by atoms with van der Waals surface area (Å²) in [4.78, 5) is 27.9. The number of amides is 2. The number of nitrogens with zero attached hydrogens (tertiary/aromatic N) is 2. The average Bonchev–Trinajstić information content (AvgIpc) is 2.46. The van der Waals surface area contributed by atoms with E-state index in [2.05, 4.69) is 6.92 Å². The van der Waals surface area contributed by atoms with E-state index in [1.807, 2.05) is 19.1 Å². The van der Waals surface area contributed by atoms with Crippen LogP contribution in [0.2, 0.25) is 5.02 Å². The second kappa shape index (κ2) is 6.94. The largest absolute Gasteiger partial charge is 0.329 e. The molecule has 21 heavy (non-hydrogen) atoms. The summed E-state index contributed by atoms with van der Waals surface area (Å²) in [6.45, 7) is 4.69. The molecule has 0 bridgehead atoms. The van der Waals surface area contributed by atoms with Crippen LogP contribution in [-0.2, 0) is 9.59 Å². The van der Waals surface area contributed by atoms with Gasteiger partial charge in [-0.15, -0.1) is 0 Å². The van der Waals surface area contributed by atoms with Gasteiger partial charge in [0.25, 0.3) is 0 Å². The molecule has 0 spiro atoms. The van der Waals surface area contributed by atoms with Gasteiger partial charge in [-0.25, -0.2) is 0 Å². The van der Waals surface area contributed by atoms with E-state index >= 15 is 0 Å². The maximum absolute atomic E-state index is 12.3. The van der Waals surface area contributed by atoms with Crippen molar-refractivity contribution >= 4 is 29.1 Å². The number of hydrogen-bond acceptors (Lipinski definition) is 2. The third-order valence-corrected chi connectivity index (χ3v) is 4.01. The van der Waals surface area contributed by atoms with Gasteiger partial charge in [-0.1, -0.05) is 31.0 Å². The van der Waals surface area contributed by atoms with Gasteiger partial charge >= 0.3 is 0 Å². The summed E-state index contributed by atoms with van der Waals surface area (Å²) in [5, 5.41) is 0.606. The first-order valence-electron chi connectivity index (χ1n) is 7.38. The monoisotopic (exact) mass is 308 g/mol. The normalized spacial score (nSPS) is 19.0. The van der Waals surface area contributed by atoms with Crippen LogP contribution in [0.3, 0.4) is 0 Å². The number of unbranched alkanes of at least 4 members (excludes halogenated alkanes) is 1. The molecule has 114 valence electrons. The first kappa shape index (κ1) is 15.8. The molecule has 1 atom stereocenters. The van der Waals surface area contributed by atoms with Crippen LogP contribution >= 0.6 is 11.6 Å². The predicted molar refractivity (Wildman–Crippen MR) is 84.5 cm³/mol. The molecule has 2 amide bonds. The maximum Gasteiger partial charge on any atom is 0.246 e. The van der Waals surface area contributed by atoms with E-state index in [0.717, 1.165) is 18.5 Å². The predicted octanol–water partition coefficient (Wildman–Crippen LogP) is 3.09. The van der Waals surface area contributed by atoms with Gasteiger partial charge in [0.05, 0.1) is 0 Å². The van der Waals surface area contributed by atoms with Gasteiger partial charge in [-0.3, -0.25) is 9.59 Å². The van der Waals surface area contributed by atoms with Crippen LogP contribution in [-0.4, -0.2) is 35.8 Å². The Bertz CT molecular complexity index is 533. The lowest BCUT2D eigenvalue weighted by Crippen LogP contribution is -2.57. The van der Waals surface area contributed by atoms with Crippen molar-refractivity contribution in [3.05, 3.63) is 29.3 Å². The Morgan fingerprint density at radius 1 is 1.43 bits per heavy atom. The van der Waals surface area contributed by atoms with Crippen molar-refractivity contribution in [2.75, 3.05) is 18.0 Å². The number of anilines is 1. The van der Waals surface area contributed by atoms with Crippen molar-refractivity contribution in [2.45, 2.75) is 39.2 Å². The number of carbonyl (C=O) groups excluding carboxylic acids is 2. The summed E-state index contributed by atoms with van der Waals surface area (Å²) < 4.78 is 0. The van der Waals surface area contributed by atoms with Gasteiger partial charge in [-0.05, 0) is 31.5 Å². The van der Waals surface area contributed by atoms with Crippen LogP contribution in [0.4, 0.5) is 5.69 Å². The number of halogens is 1. The summed E-state index contributed by atoms with van der Waals surface area (Å²) in [6, 6.07) is 7.27. The lowest BCUT2D eigenvalue weighted by Gasteiger charge is -2.39. The lowest BCUT2D eigenvalue weighted by atomic mass is 10.1. The first-order valence-corrected chi connectivity index (χ1v) is 7.76. The van der Waals surface area contributed by atoms with E-state index in [4.69, 9.17) is 11.6 Å². The third-order valence-electron chi connectivity index (χ3n) is 3.77. The Balaban J connectivity index is 2.08. The van der Waals surface area contributed by atoms with Crippen molar-refractivity contribution in [2.24, 2.45) is 0 Å². The minimum atomic E-state index is -0.0554. The summed E-state index contributed by atoms with van der Waals surface area (Å²) in [5.74, 6) is 0.0173. The highest BCUT2D eigenvalue weighted by Crippen LogP contribution is 2.23. The quantitative estimate of drug-likeness (QED) is 0.857. The van der Waals surface area contributed by atoms with Gasteiger partial charge in [0, 0.05) is 29.7 Å². The SMILES string of the molecule is CCCCC(=O)N1CC(=O)N(c2cccc(Cl)c2)C[C@H]1C. The van der Waals surface area contributed by atoms with Crippen LogP contribution < -0.4 is 4.90 Å². The lowest BCUT2D eigenvalue weighted by molar-refractivity contribution is -0.139. The Kier molecular flexibility index (Phi) is 5.23. The Labute approximate surface area is 130 Å². The summed E-state index contributed by atoms with van der Waals surface area (Å²) in [7, 11) is 0. The van der Waals surface area contributed by atoms with Crippen molar-refractivity contribution < 1.29 is 9.59 Å². The second-order valence-corrected chi connectivity index (χ2v) is 5.89. The van der Waals surface area contributed by atoms with Crippen LogP contribution in [0.25, 0.3) is 0 Å². The third kappa shape index (κ3) is 3.76. The number of hydrogen-bond donors (Lipinski definition) is 0. The Morgan fingerprint density at radius 3 is 2.86 bits per heavy atom. The number of benzene rings is 1. The van der Waals surface area contributed by atoms with Crippen molar-refractivity contribution in [1.82, 2.24) is 4.90 Å². The molecule has 0 aliphatic carbocycles. The van der Waals surface area contributed by atoms with E-state index in [1.165, 1.54) is 0 Å². The fourth-order valence-corrected chi connectivity index (χ4v) is 2.74. The van der Waals surface area contributed by atoms with Crippen LogP contribution in [0.15, 0.2) is 24.3 Å². The fourth-order valence-electron chi connectivity index (χ4n) is 2.55. The number of rotatable bonds is 4. The molecule has 1 aromatic rings. The number of carbonyl (C=O) groups is 2. The molecule has 5 heteroatoms. The van der Waals surface area contributed by atoms with Crippen molar-refractivity contribution in [3.8, 4) is 0 Å². The highest BCUT2D eigenvalue weighted by Gasteiger charge is 2.32. The fraction of sp³-hybridized carbons (Fsp3) is 0.500. The minimum Gasteiger partial charge on any atom is -0.329 e. The van der Waals surface area contributed by atoms with Gasteiger partial charge in [0.2, 0.25) is 11.8 Å². The smallest absolute Gasteiger partial charge is 0.246 e. The molecule has 1 saturated heterocycles. The summed E-state index contributed by atoms with van der Waals surface area (Å²) in [6.07, 6.45) is 2.37. The van der Waals surface area contributed by atoms with Crippen LogP contribution in [0.1, 0.15) is 33.1 Å². The molecule has 1 aliphatic heterocycles. The molecule has 0 unspecified atom stereocenters. The zero-order valence-electron chi connectivity index (χ0n) is 12.5. The zero-order chi connectivity index (χ0) is 15.4. The molecule has 4 nitrogen and oxygen atoms in total. The van der Waals surface area contributed by atoms with E-state index in [1.54, 1.807) is 21.9 Å². The molecule has 1 heterocycles. The van der Waals surface area contributed by atoms with Gasteiger partial charge < -0.3 is 9.80 Å². The molecular formula is C16H21ClN2O2. The van der Waals surface area contributed by atoms with Gasteiger partial charge in [0.1, 0.15) is 6.54 Å². The summed E-state index contributed by atoms with van der Waals surface area (Å²) in [5.41, 5.74) is 0.792. The molecular weight excluding hydrogens is 288 g/mol. The first-order chi connectivity index (χ1) is 10.0. The maximum atomic E-state index is 12.3. The molecule has 1 aliphatic rings. The van der Waals surface area contributed by atoms with Gasteiger partial charge in [-0.2, -0.15) is 0 Å². The number of piperazine rings is 1. The standard InChI is InChI=1S/C16H21ClN2O2/c1-3-4-8-15(20)18-11-16(21)19(10-12(18)2)14-7-5-6-13(17)9-14/h5-7,9,12H,3-4,8,10-11H2,1-2H3/t12-/m1/s1. The molecule has 2 rings (SSSR count). The van der Waals surface area contributed by atoms with E-state index < -0.39 is 0 Å². The van der Waals surface area contributed by atoms with Crippen LogP contribution in [0.5, 0.6) is 0 Å². The Morgan fingerprint density at radius 2 is 2.19 bits per heavy atom. The van der Waals surface area contributed by atoms with Crippen molar-refractivity contribution in [1.29, 1.82) is 0 Å². The molecule has 0 aromatic heterocycles. The van der Waals surface area contributed by atoms with E-state index in [9.17, 15) is 9.59 Å². The summed E-state index contributed by atoms with van der Waals surface area (Å²) >= 11 is 5.98. The van der Waals surface area contributed by atoms with Crippen molar-refractivity contribution in [3.63, 3.8) is 0 Å². The van der Waals surface area contributed by atoms with E-state index in [0.29, 0.717) is 18.0 Å². The molecule has 0 radical (unpaired) electrons. The average molecular weight is 309 g/mol. The second-order valence-electron chi connectivity index (χ2n) is 5.46. The van der Waals surface area contributed by atoms with Crippen LogP contribution in [0, 0.1) is 0 Å². The van der Waals surface area contributed by atoms with Gasteiger partial charge in [0.15, 0.2) is 0 Å². The highest BCUT2D eigenvalue weighted by molar-refractivity contribution is 6.30. The molecule has 0 N–H and O–H groups in total. The topological polar surface area (TPSA) is 40.6 Å². The molecule has 1 aromatic carbocycles.